The van der Waals surface area contributed by atoms with E-state index >= 15 is 4.39 Å². The van der Waals surface area contributed by atoms with E-state index in [1.807, 2.05) is 18.7 Å². The van der Waals surface area contributed by atoms with Gasteiger partial charge >= 0.3 is 0 Å². The Bertz CT molecular complexity index is 1710. The average molecular weight is 619 g/mol. The summed E-state index contributed by atoms with van der Waals surface area (Å²) in [5.41, 5.74) is 9.95. The Labute approximate surface area is 260 Å². The van der Waals surface area contributed by atoms with Gasteiger partial charge in [-0.15, -0.1) is 0 Å². The third-order valence-electron chi connectivity index (χ3n) is 8.37. The standard InChI is InChI=1S/C32H36ClFN8O2/c1-6-22(44)41-13-17(4)42-19(14-41)12-39-31-25(32(42)37)30(40-28-16(3)9-10-38-29(28)18(5)43)26(33)24(27(31)34)23-15(2)7-8-21(36)20(23)11-35/h6-11,17-19,35,37,39-40,43H,1,12-14,36H2,2-5H3. The number of nitrogens with one attached hydrogen (secondary N) is 4. The van der Waals surface area contributed by atoms with Gasteiger partial charge in [0.25, 0.3) is 0 Å². The number of pyridine rings is 1. The number of amides is 1. The number of nitrogens with two attached hydrogens (primary N) is 1. The molecule has 1 aromatic heterocycles. The Morgan fingerprint density at radius 1 is 1.25 bits per heavy atom. The van der Waals surface area contributed by atoms with Crippen molar-refractivity contribution in [1.29, 1.82) is 10.8 Å². The van der Waals surface area contributed by atoms with Crippen LogP contribution in [0.15, 0.2) is 37.1 Å². The third kappa shape index (κ3) is 5.05. The lowest BCUT2D eigenvalue weighted by Crippen LogP contribution is -2.61. The summed E-state index contributed by atoms with van der Waals surface area (Å²) in [7, 11) is 0. The fraction of sp³-hybridized carbons (Fsp3) is 0.312. The van der Waals surface area contributed by atoms with Gasteiger partial charge in [-0.25, -0.2) is 4.39 Å². The Balaban J connectivity index is 1.81. The van der Waals surface area contributed by atoms with Crippen molar-refractivity contribution < 1.29 is 14.3 Å². The molecule has 0 radical (unpaired) electrons. The van der Waals surface area contributed by atoms with Gasteiger partial charge in [-0.3, -0.25) is 15.2 Å². The first-order valence-electron chi connectivity index (χ1n) is 14.3. The Morgan fingerprint density at radius 2 is 1.98 bits per heavy atom. The molecule has 10 nitrogen and oxygen atoms in total. The number of nitrogen functional groups attached to an aromatic ring is 1. The van der Waals surface area contributed by atoms with Crippen LogP contribution in [0.3, 0.4) is 0 Å². The maximum Gasteiger partial charge on any atom is 0.246 e. The van der Waals surface area contributed by atoms with Crippen LogP contribution in [-0.2, 0) is 4.79 Å². The van der Waals surface area contributed by atoms with Crippen LogP contribution in [0, 0.1) is 30.5 Å². The number of hydrogen-bond acceptors (Lipinski definition) is 8. The fourth-order valence-corrected chi connectivity index (χ4v) is 6.57. The molecule has 3 unspecified atom stereocenters. The highest BCUT2D eigenvalue weighted by atomic mass is 35.5. The molecule has 0 saturated carbocycles. The number of carbonyl (C=O) groups is 1. The highest BCUT2D eigenvalue weighted by molar-refractivity contribution is 6.38. The van der Waals surface area contributed by atoms with Crippen LogP contribution in [0.4, 0.5) is 27.1 Å². The van der Waals surface area contributed by atoms with Crippen molar-refractivity contribution in [3.63, 3.8) is 0 Å². The SMILES string of the molecule is C=CC(=O)N1CC(C)N2C(=N)c3c(c(F)c(-c4c(C)ccc(N)c4C=N)c(Cl)c3Nc3c(C)ccnc3C(C)O)NCC2C1. The number of hydrogen-bond donors (Lipinski definition) is 6. The molecule has 1 fully saturated rings. The summed E-state index contributed by atoms with van der Waals surface area (Å²) >= 11 is 7.18. The number of nitrogens with zero attached hydrogens (tertiary/aromatic N) is 3. The third-order valence-corrected chi connectivity index (χ3v) is 8.75. The number of anilines is 4. The van der Waals surface area contributed by atoms with Crippen molar-refractivity contribution in [3.8, 4) is 11.1 Å². The summed E-state index contributed by atoms with van der Waals surface area (Å²) in [6, 6.07) is 4.55. The van der Waals surface area contributed by atoms with Crippen LogP contribution in [-0.4, -0.2) is 69.6 Å². The Kier molecular flexibility index (Phi) is 8.37. The van der Waals surface area contributed by atoms with Gasteiger partial charge in [0.15, 0.2) is 5.82 Å². The molecule has 12 heteroatoms. The van der Waals surface area contributed by atoms with Crippen LogP contribution in [0.1, 0.15) is 47.9 Å². The minimum absolute atomic E-state index is 0.0176. The number of aromatic nitrogens is 1. The largest absolute Gasteiger partial charge is 0.398 e. The molecule has 3 heterocycles. The second-order valence-electron chi connectivity index (χ2n) is 11.3. The van der Waals surface area contributed by atoms with Gasteiger partial charge in [-0.1, -0.05) is 24.2 Å². The van der Waals surface area contributed by atoms with Gasteiger partial charge in [0.2, 0.25) is 5.91 Å². The van der Waals surface area contributed by atoms with E-state index < -0.39 is 11.9 Å². The number of benzene rings is 2. The van der Waals surface area contributed by atoms with Gasteiger partial charge in [0.05, 0.1) is 45.5 Å². The van der Waals surface area contributed by atoms with E-state index in [0.29, 0.717) is 46.8 Å². The van der Waals surface area contributed by atoms with Crippen LogP contribution in [0.2, 0.25) is 5.02 Å². The van der Waals surface area contributed by atoms with Crippen LogP contribution in [0.25, 0.3) is 11.1 Å². The van der Waals surface area contributed by atoms with E-state index in [1.54, 1.807) is 43.1 Å². The predicted molar refractivity (Wildman–Crippen MR) is 174 cm³/mol. The van der Waals surface area contributed by atoms with E-state index in [1.165, 1.54) is 6.08 Å². The number of rotatable bonds is 6. The number of carbonyl (C=O) groups excluding carboxylic acids is 1. The molecule has 44 heavy (non-hydrogen) atoms. The van der Waals surface area contributed by atoms with E-state index in [9.17, 15) is 15.3 Å². The molecule has 2 aliphatic rings. The lowest BCUT2D eigenvalue weighted by molar-refractivity contribution is -0.129. The highest BCUT2D eigenvalue weighted by Crippen LogP contribution is 2.49. The maximum atomic E-state index is 17.0. The first-order valence-corrected chi connectivity index (χ1v) is 14.7. The van der Waals surface area contributed by atoms with Gasteiger partial charge in [0.1, 0.15) is 5.84 Å². The number of aliphatic hydroxyl groups is 1. The molecule has 0 aliphatic carbocycles. The molecule has 3 aromatic rings. The zero-order valence-corrected chi connectivity index (χ0v) is 25.8. The molecular weight excluding hydrogens is 583 g/mol. The van der Waals surface area contributed by atoms with Crippen LogP contribution in [0.5, 0.6) is 0 Å². The number of aliphatic hydroxyl groups excluding tert-OH is 1. The molecule has 1 saturated heterocycles. The minimum atomic E-state index is -0.937. The zero-order chi connectivity index (χ0) is 32.0. The highest BCUT2D eigenvalue weighted by Gasteiger charge is 2.41. The summed E-state index contributed by atoms with van der Waals surface area (Å²) in [6.07, 6.45) is 3.00. The number of fused-ring (bicyclic) bond motifs is 2. The number of halogens is 2. The topological polar surface area (TPSA) is 154 Å². The fourth-order valence-electron chi connectivity index (χ4n) is 6.25. The van der Waals surface area contributed by atoms with Crippen molar-refractivity contribution in [1.82, 2.24) is 14.8 Å². The van der Waals surface area contributed by atoms with Crippen molar-refractivity contribution >= 4 is 52.3 Å². The van der Waals surface area contributed by atoms with Gasteiger partial charge < -0.3 is 36.7 Å². The quantitative estimate of drug-likeness (QED) is 0.123. The summed E-state index contributed by atoms with van der Waals surface area (Å²) in [6.45, 7) is 11.7. The van der Waals surface area contributed by atoms with Crippen LogP contribution >= 0.6 is 11.6 Å². The van der Waals surface area contributed by atoms with E-state index in [2.05, 4.69) is 22.2 Å². The van der Waals surface area contributed by atoms with E-state index in [-0.39, 0.29) is 57.9 Å². The number of piperazine rings is 1. The van der Waals surface area contributed by atoms with Crippen LogP contribution < -0.4 is 16.4 Å². The molecule has 7 N–H and O–H groups in total. The van der Waals surface area contributed by atoms with E-state index in [0.717, 1.165) is 11.8 Å². The summed E-state index contributed by atoms with van der Waals surface area (Å²) in [4.78, 5) is 20.5. The van der Waals surface area contributed by atoms with Crippen molar-refractivity contribution in [2.45, 2.75) is 45.9 Å². The van der Waals surface area contributed by atoms with Gasteiger partial charge in [-0.2, -0.15) is 0 Å². The molecular formula is C32H36ClFN8O2. The first kappa shape index (κ1) is 31.0. The number of aryl methyl sites for hydroxylation is 2. The molecule has 5 rings (SSSR count). The predicted octanol–water partition coefficient (Wildman–Crippen LogP) is 5.37. The normalized spacial score (nSPS) is 18.5. The summed E-state index contributed by atoms with van der Waals surface area (Å²) in [5.74, 6) is -0.875. The monoisotopic (exact) mass is 618 g/mol. The summed E-state index contributed by atoms with van der Waals surface area (Å²) in [5, 5.41) is 34.7. The first-order chi connectivity index (χ1) is 20.9. The molecule has 1 amide bonds. The smallest absolute Gasteiger partial charge is 0.246 e. The van der Waals surface area contributed by atoms with Gasteiger partial charge in [-0.05, 0) is 62.6 Å². The summed E-state index contributed by atoms with van der Waals surface area (Å²) < 4.78 is 17.0. The van der Waals surface area contributed by atoms with E-state index in [4.69, 9.17) is 22.7 Å². The molecule has 2 aliphatic heterocycles. The maximum absolute atomic E-state index is 17.0. The van der Waals surface area contributed by atoms with Crippen molar-refractivity contribution in [2.24, 2.45) is 0 Å². The lowest BCUT2D eigenvalue weighted by Gasteiger charge is -2.45. The Hall–Kier alpha value is -4.48. The molecule has 0 spiro atoms. The van der Waals surface area contributed by atoms with Gasteiger partial charge in [0, 0.05) is 54.9 Å². The Morgan fingerprint density at radius 3 is 2.64 bits per heavy atom. The second kappa shape index (κ2) is 11.9. The van der Waals surface area contributed by atoms with Crippen molar-refractivity contribution in [3.05, 3.63) is 75.8 Å². The van der Waals surface area contributed by atoms with Crippen molar-refractivity contribution in [2.75, 3.05) is 36.0 Å². The molecule has 3 atom stereocenters. The second-order valence-corrected chi connectivity index (χ2v) is 11.7. The molecule has 0 bridgehead atoms. The zero-order valence-electron chi connectivity index (χ0n) is 25.1. The average Bonchev–Trinajstić information content (AvgIpc) is 3.13. The minimum Gasteiger partial charge on any atom is -0.398 e. The lowest BCUT2D eigenvalue weighted by atomic mass is 9.90. The molecule has 2 aromatic carbocycles. The molecule has 230 valence electrons. The number of amidine groups is 1.